The largest absolute Gasteiger partial charge is 0.382 e. The number of aliphatic hydroxyl groups is 1. The zero-order chi connectivity index (χ0) is 26.3. The lowest BCUT2D eigenvalue weighted by Crippen LogP contribution is -2.46. The highest BCUT2D eigenvalue weighted by molar-refractivity contribution is 6.02. The molecule has 4 heterocycles. The van der Waals surface area contributed by atoms with Crippen LogP contribution in [0.3, 0.4) is 0 Å². The van der Waals surface area contributed by atoms with Crippen molar-refractivity contribution in [3.8, 4) is 11.3 Å². The summed E-state index contributed by atoms with van der Waals surface area (Å²) in [4.78, 5) is 30.7. The van der Waals surface area contributed by atoms with Crippen molar-refractivity contribution in [3.63, 3.8) is 0 Å². The van der Waals surface area contributed by atoms with Gasteiger partial charge in [-0.3, -0.25) is 19.4 Å². The van der Waals surface area contributed by atoms with Crippen molar-refractivity contribution < 1.29 is 18.7 Å². The molecule has 1 aliphatic heterocycles. The summed E-state index contributed by atoms with van der Waals surface area (Å²) in [5, 5.41) is 14.4. The predicted octanol–water partition coefficient (Wildman–Crippen LogP) is 2.98. The summed E-state index contributed by atoms with van der Waals surface area (Å²) < 4.78 is 29.1. The number of hydrogen-bond acceptors (Lipinski definition) is 8. The molecule has 0 saturated carbocycles. The molecule has 0 radical (unpaired) electrons. The number of benzene rings is 1. The molecular formula is C26H27F2N7O2. The minimum Gasteiger partial charge on any atom is -0.382 e. The molecule has 0 amide bonds. The quantitative estimate of drug-likeness (QED) is 0.398. The molecule has 37 heavy (non-hydrogen) atoms. The van der Waals surface area contributed by atoms with Crippen LogP contribution >= 0.6 is 0 Å². The molecule has 1 aliphatic rings. The van der Waals surface area contributed by atoms with Gasteiger partial charge < -0.3 is 10.0 Å². The summed E-state index contributed by atoms with van der Waals surface area (Å²) >= 11 is 0. The van der Waals surface area contributed by atoms with Gasteiger partial charge in [-0.2, -0.15) is 5.10 Å². The molecule has 1 saturated heterocycles. The lowest BCUT2D eigenvalue weighted by molar-refractivity contribution is 0.0482. The first kappa shape index (κ1) is 24.8. The Bertz CT molecular complexity index is 1470. The van der Waals surface area contributed by atoms with E-state index in [1.165, 1.54) is 32.2 Å². The number of hydrogen-bond donors (Lipinski definition) is 1. The summed E-state index contributed by atoms with van der Waals surface area (Å²) in [5.41, 5.74) is 1.40. The van der Waals surface area contributed by atoms with Gasteiger partial charge in [-0.1, -0.05) is 6.07 Å². The molecule has 192 valence electrons. The average molecular weight is 508 g/mol. The van der Waals surface area contributed by atoms with Gasteiger partial charge in [0.1, 0.15) is 34.1 Å². The highest BCUT2D eigenvalue weighted by Gasteiger charge is 2.28. The van der Waals surface area contributed by atoms with Gasteiger partial charge in [0.25, 0.3) is 0 Å². The van der Waals surface area contributed by atoms with E-state index in [0.717, 1.165) is 11.6 Å². The van der Waals surface area contributed by atoms with E-state index in [2.05, 4.69) is 19.9 Å². The molecule has 0 aliphatic carbocycles. The number of carbonyl (C=O) groups excluding carboxylic acids is 1. The number of anilines is 1. The van der Waals surface area contributed by atoms with E-state index in [1.54, 1.807) is 16.9 Å². The number of pyridine rings is 1. The first-order valence-corrected chi connectivity index (χ1v) is 11.9. The smallest absolute Gasteiger partial charge is 0.212 e. The normalized spacial score (nSPS) is 14.9. The van der Waals surface area contributed by atoms with Crippen LogP contribution in [0.5, 0.6) is 0 Å². The summed E-state index contributed by atoms with van der Waals surface area (Å²) in [6, 6.07) is 5.21. The Hall–Kier alpha value is -3.83. The summed E-state index contributed by atoms with van der Waals surface area (Å²) in [6.45, 7) is 5.78. The topological polar surface area (TPSA) is 100 Å². The zero-order valence-electron chi connectivity index (χ0n) is 20.8. The van der Waals surface area contributed by atoms with Crippen LogP contribution < -0.4 is 4.90 Å². The lowest BCUT2D eigenvalue weighted by atomic mass is 10.0. The molecule has 0 unspecified atom stereocenters. The van der Waals surface area contributed by atoms with Crippen molar-refractivity contribution in [1.29, 1.82) is 0 Å². The van der Waals surface area contributed by atoms with Gasteiger partial charge in [0.2, 0.25) is 5.78 Å². The maximum atomic E-state index is 14.1. The highest BCUT2D eigenvalue weighted by atomic mass is 19.1. The van der Waals surface area contributed by atoms with E-state index in [4.69, 9.17) is 9.97 Å². The van der Waals surface area contributed by atoms with E-state index < -0.39 is 23.0 Å². The molecule has 0 atom stereocenters. The molecule has 11 heteroatoms. The zero-order valence-corrected chi connectivity index (χ0v) is 20.8. The van der Waals surface area contributed by atoms with Gasteiger partial charge in [0.15, 0.2) is 5.82 Å². The number of nitrogens with zero attached hydrogens (tertiary/aromatic N) is 7. The van der Waals surface area contributed by atoms with Crippen molar-refractivity contribution in [2.45, 2.75) is 26.0 Å². The van der Waals surface area contributed by atoms with Crippen LogP contribution in [0.25, 0.3) is 22.3 Å². The Kier molecular flexibility index (Phi) is 6.42. The third-order valence-electron chi connectivity index (χ3n) is 6.38. The van der Waals surface area contributed by atoms with Gasteiger partial charge >= 0.3 is 0 Å². The number of aromatic nitrogens is 5. The van der Waals surface area contributed by atoms with Gasteiger partial charge in [0.05, 0.1) is 17.9 Å². The number of aryl methyl sites for hydroxylation is 1. The van der Waals surface area contributed by atoms with Crippen LogP contribution in [0, 0.1) is 11.6 Å². The minimum atomic E-state index is -1.56. The minimum absolute atomic E-state index is 0.112. The standard InChI is InChI=1S/C26H27F2N7O2/c1-26(2,37)24(36)21-11-20-22(13-29-21)32-25(23(31-20)17-12-30-33(3)14-17)35-8-6-34(7-9-35)15-16-4-5-18(27)10-19(16)28/h4-5,10-14,37H,6-9,15H2,1-3H3. The first-order chi connectivity index (χ1) is 17.6. The molecule has 1 N–H and O–H groups in total. The third-order valence-corrected chi connectivity index (χ3v) is 6.38. The number of rotatable bonds is 6. The fraction of sp³-hybridized carbons (Fsp3) is 0.346. The molecule has 3 aromatic heterocycles. The molecule has 4 aromatic rings. The van der Waals surface area contributed by atoms with Crippen LogP contribution in [0.2, 0.25) is 0 Å². The van der Waals surface area contributed by atoms with Crippen LogP contribution in [0.15, 0.2) is 42.9 Å². The Labute approximate surface area is 212 Å². The maximum Gasteiger partial charge on any atom is 0.212 e. The van der Waals surface area contributed by atoms with Gasteiger partial charge in [0, 0.05) is 63.2 Å². The molecule has 1 fully saturated rings. The van der Waals surface area contributed by atoms with E-state index in [9.17, 15) is 18.7 Å². The van der Waals surface area contributed by atoms with Gasteiger partial charge in [-0.25, -0.2) is 18.7 Å². The first-order valence-electron chi connectivity index (χ1n) is 11.9. The SMILES string of the molecule is Cn1cc(-c2nc3cc(C(=O)C(C)(C)O)ncc3nc2N2CCN(Cc3ccc(F)cc3F)CC2)cn1. The highest BCUT2D eigenvalue weighted by Crippen LogP contribution is 2.30. The Morgan fingerprint density at radius 1 is 1.05 bits per heavy atom. The van der Waals surface area contributed by atoms with E-state index >= 15 is 0 Å². The second-order valence-corrected chi connectivity index (χ2v) is 9.74. The maximum absolute atomic E-state index is 14.1. The number of fused-ring (bicyclic) bond motifs is 1. The van der Waals surface area contributed by atoms with Crippen molar-refractivity contribution in [2.24, 2.45) is 7.05 Å². The van der Waals surface area contributed by atoms with Gasteiger partial charge in [-0.05, 0) is 26.0 Å². The fourth-order valence-electron chi connectivity index (χ4n) is 4.35. The monoisotopic (exact) mass is 507 g/mol. The Morgan fingerprint density at radius 3 is 2.46 bits per heavy atom. The molecule has 0 spiro atoms. The fourth-order valence-corrected chi connectivity index (χ4v) is 4.35. The van der Waals surface area contributed by atoms with Gasteiger partial charge in [-0.15, -0.1) is 0 Å². The molecule has 5 rings (SSSR count). The molecule has 9 nitrogen and oxygen atoms in total. The van der Waals surface area contributed by atoms with Crippen LogP contribution in [0.4, 0.5) is 14.6 Å². The lowest BCUT2D eigenvalue weighted by Gasteiger charge is -2.36. The Morgan fingerprint density at radius 2 is 1.81 bits per heavy atom. The summed E-state index contributed by atoms with van der Waals surface area (Å²) in [5.74, 6) is -0.972. The summed E-state index contributed by atoms with van der Waals surface area (Å²) in [7, 11) is 1.81. The number of piperazine rings is 1. The number of carbonyl (C=O) groups is 1. The van der Waals surface area contributed by atoms with E-state index in [1.807, 2.05) is 13.2 Å². The summed E-state index contributed by atoms with van der Waals surface area (Å²) in [6.07, 6.45) is 5.04. The van der Waals surface area contributed by atoms with Crippen LogP contribution in [-0.4, -0.2) is 72.3 Å². The van der Waals surface area contributed by atoms with Crippen LogP contribution in [-0.2, 0) is 13.6 Å². The Balaban J connectivity index is 1.44. The van der Waals surface area contributed by atoms with Crippen molar-refractivity contribution >= 4 is 22.6 Å². The second-order valence-electron chi connectivity index (χ2n) is 9.74. The molecule has 1 aromatic carbocycles. The van der Waals surface area contributed by atoms with Crippen molar-refractivity contribution in [1.82, 2.24) is 29.6 Å². The predicted molar refractivity (Wildman–Crippen MR) is 134 cm³/mol. The van der Waals surface area contributed by atoms with Crippen molar-refractivity contribution in [2.75, 3.05) is 31.1 Å². The number of halogens is 2. The second kappa shape index (κ2) is 9.56. The number of Topliss-reactive ketones (excluding diaryl/α,β-unsaturated/α-hetero) is 1. The van der Waals surface area contributed by atoms with Crippen LogP contribution in [0.1, 0.15) is 29.9 Å². The molecule has 0 bridgehead atoms. The third kappa shape index (κ3) is 5.18. The van der Waals surface area contributed by atoms with E-state index in [-0.39, 0.29) is 5.69 Å². The average Bonchev–Trinajstić information content (AvgIpc) is 3.30. The van der Waals surface area contributed by atoms with E-state index in [0.29, 0.717) is 60.8 Å². The number of ketones is 1. The van der Waals surface area contributed by atoms with Crippen molar-refractivity contribution in [3.05, 3.63) is 65.7 Å². The molecular weight excluding hydrogens is 480 g/mol.